The second-order valence-corrected chi connectivity index (χ2v) is 6.72. The molecule has 2 fully saturated rings. The Balaban J connectivity index is 1.92. The van der Waals surface area contributed by atoms with Crippen LogP contribution < -0.4 is 10.6 Å². The Kier molecular flexibility index (Phi) is 3.87. The van der Waals surface area contributed by atoms with Gasteiger partial charge in [0.25, 0.3) is 0 Å². The van der Waals surface area contributed by atoms with E-state index < -0.39 is 0 Å². The first-order chi connectivity index (χ1) is 10.2. The Bertz CT molecular complexity index is 601. The molecule has 1 aliphatic heterocycles. The number of nitriles is 1. The van der Waals surface area contributed by atoms with Gasteiger partial charge in [0, 0.05) is 26.1 Å². The zero-order valence-electron chi connectivity index (χ0n) is 12.1. The van der Waals surface area contributed by atoms with Crippen LogP contribution in [0.2, 0.25) is 0 Å². The third kappa shape index (κ3) is 2.63. The molecule has 0 amide bonds. The van der Waals surface area contributed by atoms with E-state index in [2.05, 4.69) is 11.0 Å². The lowest BCUT2D eigenvalue weighted by molar-refractivity contribution is 0.0895. The molecule has 3 rings (SSSR count). The SMILES string of the molecule is COC1CCCN(c2sc(C(=O)C3CC3)c(N)c2C#N)C1. The predicted molar refractivity (Wildman–Crippen MR) is 82.7 cm³/mol. The van der Waals surface area contributed by atoms with Gasteiger partial charge in [-0.3, -0.25) is 4.79 Å². The van der Waals surface area contributed by atoms with Crippen LogP contribution in [0.25, 0.3) is 0 Å². The van der Waals surface area contributed by atoms with Crippen LogP contribution >= 0.6 is 11.3 Å². The molecule has 1 atom stereocenters. The highest BCUT2D eigenvalue weighted by Crippen LogP contribution is 2.43. The van der Waals surface area contributed by atoms with Crippen LogP contribution in [0.5, 0.6) is 0 Å². The normalized spacial score (nSPS) is 22.1. The third-order valence-electron chi connectivity index (χ3n) is 4.21. The number of carbonyl (C=O) groups is 1. The quantitative estimate of drug-likeness (QED) is 0.864. The number of hydrogen-bond donors (Lipinski definition) is 1. The van der Waals surface area contributed by atoms with Crippen molar-refractivity contribution in [1.82, 2.24) is 0 Å². The standard InChI is InChI=1S/C15H19N3O2S/c1-20-10-3-2-6-18(8-10)15-11(7-16)12(17)14(21-15)13(19)9-4-5-9/h9-10H,2-6,8,17H2,1H3. The summed E-state index contributed by atoms with van der Waals surface area (Å²) in [6.45, 7) is 1.63. The molecule has 6 heteroatoms. The lowest BCUT2D eigenvalue weighted by Gasteiger charge is -2.32. The van der Waals surface area contributed by atoms with Crippen LogP contribution in [0.4, 0.5) is 10.7 Å². The van der Waals surface area contributed by atoms with Gasteiger partial charge >= 0.3 is 0 Å². The Morgan fingerprint density at radius 2 is 2.24 bits per heavy atom. The molecule has 112 valence electrons. The fraction of sp³-hybridized carbons (Fsp3) is 0.600. The Hall–Kier alpha value is -1.58. The fourth-order valence-corrected chi connectivity index (χ4v) is 4.02. The maximum atomic E-state index is 12.3. The van der Waals surface area contributed by atoms with E-state index in [0.29, 0.717) is 16.1 Å². The van der Waals surface area contributed by atoms with Crippen molar-refractivity contribution in [2.75, 3.05) is 30.8 Å². The van der Waals surface area contributed by atoms with Crippen molar-refractivity contribution < 1.29 is 9.53 Å². The zero-order valence-corrected chi connectivity index (χ0v) is 12.9. The second-order valence-electron chi connectivity index (χ2n) is 5.72. The number of ether oxygens (including phenoxy) is 1. The monoisotopic (exact) mass is 305 g/mol. The van der Waals surface area contributed by atoms with Crippen molar-refractivity contribution in [3.05, 3.63) is 10.4 Å². The van der Waals surface area contributed by atoms with Crippen molar-refractivity contribution in [3.63, 3.8) is 0 Å². The smallest absolute Gasteiger partial charge is 0.178 e. The van der Waals surface area contributed by atoms with Gasteiger partial charge < -0.3 is 15.4 Å². The van der Waals surface area contributed by atoms with Crippen LogP contribution in [0.1, 0.15) is 40.9 Å². The van der Waals surface area contributed by atoms with E-state index in [1.54, 1.807) is 7.11 Å². The number of Topliss-reactive ketones (excluding diaryl/α,β-unsaturated/α-hetero) is 1. The first-order valence-electron chi connectivity index (χ1n) is 7.30. The van der Waals surface area contributed by atoms with E-state index in [1.165, 1.54) is 11.3 Å². The highest BCUT2D eigenvalue weighted by atomic mass is 32.1. The van der Waals surface area contributed by atoms with Crippen LogP contribution in [0, 0.1) is 17.2 Å². The molecule has 0 bridgehead atoms. The second kappa shape index (κ2) is 5.66. The molecule has 1 aromatic heterocycles. The van der Waals surface area contributed by atoms with Gasteiger partial charge in [-0.2, -0.15) is 5.26 Å². The van der Waals surface area contributed by atoms with Crippen LogP contribution in [0.3, 0.4) is 0 Å². The van der Waals surface area contributed by atoms with E-state index in [-0.39, 0.29) is 17.8 Å². The minimum atomic E-state index is 0.112. The van der Waals surface area contributed by atoms with Gasteiger partial charge in [-0.25, -0.2) is 0 Å². The molecule has 1 aromatic rings. The molecule has 1 unspecified atom stereocenters. The lowest BCUT2D eigenvalue weighted by atomic mass is 10.1. The molecular weight excluding hydrogens is 286 g/mol. The molecular formula is C15H19N3O2S. The van der Waals surface area contributed by atoms with Crippen LogP contribution in [-0.4, -0.2) is 32.1 Å². The molecule has 2 aliphatic rings. The molecule has 0 radical (unpaired) electrons. The average Bonchev–Trinajstić information content (AvgIpc) is 3.30. The van der Waals surface area contributed by atoms with Crippen LogP contribution in [-0.2, 0) is 4.74 Å². The first-order valence-corrected chi connectivity index (χ1v) is 8.11. The number of nitrogen functional groups attached to an aromatic ring is 1. The molecule has 0 aromatic carbocycles. The van der Waals surface area contributed by atoms with Crippen molar-refractivity contribution in [1.29, 1.82) is 5.26 Å². The maximum absolute atomic E-state index is 12.3. The van der Waals surface area contributed by atoms with Gasteiger partial charge in [0.15, 0.2) is 5.78 Å². The summed E-state index contributed by atoms with van der Waals surface area (Å²) >= 11 is 1.38. The van der Waals surface area contributed by atoms with Crippen LogP contribution in [0.15, 0.2) is 0 Å². The van der Waals surface area contributed by atoms with Gasteiger partial charge in [0.1, 0.15) is 16.6 Å². The number of ketones is 1. The number of hydrogen-bond acceptors (Lipinski definition) is 6. The summed E-state index contributed by atoms with van der Waals surface area (Å²) in [5.74, 6) is 0.235. The summed E-state index contributed by atoms with van der Waals surface area (Å²) in [5, 5.41) is 10.2. The van der Waals surface area contributed by atoms with E-state index in [9.17, 15) is 10.1 Å². The number of thiophene rings is 1. The van der Waals surface area contributed by atoms with Gasteiger partial charge in [-0.1, -0.05) is 0 Å². The van der Waals surface area contributed by atoms with Crippen molar-refractivity contribution in [2.24, 2.45) is 5.92 Å². The zero-order chi connectivity index (χ0) is 15.0. The van der Waals surface area contributed by atoms with Crippen molar-refractivity contribution in [3.8, 4) is 6.07 Å². The minimum absolute atomic E-state index is 0.112. The van der Waals surface area contributed by atoms with E-state index in [1.807, 2.05) is 0 Å². The Morgan fingerprint density at radius 1 is 1.48 bits per heavy atom. The van der Waals surface area contributed by atoms with E-state index in [0.717, 1.165) is 43.8 Å². The Labute approximate surface area is 128 Å². The van der Waals surface area contributed by atoms with E-state index in [4.69, 9.17) is 10.5 Å². The summed E-state index contributed by atoms with van der Waals surface area (Å²) in [7, 11) is 1.71. The molecule has 1 saturated carbocycles. The maximum Gasteiger partial charge on any atom is 0.178 e. The Morgan fingerprint density at radius 3 is 2.86 bits per heavy atom. The summed E-state index contributed by atoms with van der Waals surface area (Å²) in [4.78, 5) is 15.0. The largest absolute Gasteiger partial charge is 0.396 e. The average molecular weight is 305 g/mol. The highest BCUT2D eigenvalue weighted by Gasteiger charge is 2.35. The molecule has 21 heavy (non-hydrogen) atoms. The third-order valence-corrected chi connectivity index (χ3v) is 5.49. The number of nitrogens with two attached hydrogens (primary N) is 1. The number of piperidine rings is 1. The first kappa shape index (κ1) is 14.4. The summed E-state index contributed by atoms with van der Waals surface area (Å²) < 4.78 is 5.43. The molecule has 2 N–H and O–H groups in total. The van der Waals surface area contributed by atoms with Gasteiger partial charge in [0.05, 0.1) is 16.7 Å². The predicted octanol–water partition coefficient (Wildman–Crippen LogP) is 2.41. The molecule has 1 saturated heterocycles. The highest BCUT2D eigenvalue weighted by molar-refractivity contribution is 7.19. The van der Waals surface area contributed by atoms with E-state index >= 15 is 0 Å². The topological polar surface area (TPSA) is 79.3 Å². The number of rotatable bonds is 4. The lowest BCUT2D eigenvalue weighted by Crippen LogP contribution is -2.39. The van der Waals surface area contributed by atoms with Gasteiger partial charge in [0.2, 0.25) is 0 Å². The molecule has 1 aliphatic carbocycles. The van der Waals surface area contributed by atoms with Gasteiger partial charge in [-0.05, 0) is 25.7 Å². The summed E-state index contributed by atoms with van der Waals surface area (Å²) in [6, 6.07) is 2.18. The number of nitrogens with zero attached hydrogens (tertiary/aromatic N) is 2. The fourth-order valence-electron chi connectivity index (χ4n) is 2.79. The molecule has 2 heterocycles. The van der Waals surface area contributed by atoms with Crippen molar-refractivity contribution >= 4 is 27.8 Å². The molecule has 0 spiro atoms. The summed E-state index contributed by atoms with van der Waals surface area (Å²) in [6.07, 6.45) is 4.12. The number of carbonyl (C=O) groups excluding carboxylic acids is 1. The molecule has 5 nitrogen and oxygen atoms in total. The van der Waals surface area contributed by atoms with Crippen molar-refractivity contribution in [2.45, 2.75) is 31.8 Å². The number of anilines is 2. The minimum Gasteiger partial charge on any atom is -0.396 e. The number of methoxy groups -OCH3 is 1. The summed E-state index contributed by atoms with van der Waals surface area (Å²) in [5.41, 5.74) is 6.89. The van der Waals surface area contributed by atoms with Gasteiger partial charge in [-0.15, -0.1) is 11.3 Å².